The summed E-state index contributed by atoms with van der Waals surface area (Å²) in [6, 6.07) is 22.8. The number of nitrogens with one attached hydrogen (secondary N) is 1. The van der Waals surface area contributed by atoms with E-state index in [1.54, 1.807) is 6.07 Å². The van der Waals surface area contributed by atoms with Gasteiger partial charge in [-0.25, -0.2) is 0 Å². The smallest absolute Gasteiger partial charge is 0.296 e. The molecule has 0 aliphatic carbocycles. The van der Waals surface area contributed by atoms with E-state index < -0.39 is 10.8 Å². The fourth-order valence-electron chi connectivity index (χ4n) is 3.93. The van der Waals surface area contributed by atoms with Gasteiger partial charge in [0.1, 0.15) is 29.7 Å². The molecule has 10 heteroatoms. The Labute approximate surface area is 228 Å². The van der Waals surface area contributed by atoms with Gasteiger partial charge in [-0.05, 0) is 52.2 Å². The van der Waals surface area contributed by atoms with E-state index in [2.05, 4.69) is 5.32 Å². The lowest BCUT2D eigenvalue weighted by atomic mass is 10.1. The number of halogens is 1. The monoisotopic (exact) mass is 543 g/mol. The van der Waals surface area contributed by atoms with Crippen LogP contribution in [-0.2, 0) is 11.4 Å². The molecule has 0 radical (unpaired) electrons. The van der Waals surface area contributed by atoms with Crippen LogP contribution in [0.15, 0.2) is 78.4 Å². The maximum atomic E-state index is 12.8. The van der Waals surface area contributed by atoms with E-state index in [4.69, 9.17) is 25.8 Å². The number of fused-ring (bicyclic) bond motifs is 1. The molecule has 0 saturated heterocycles. The molecule has 0 atom stereocenters. The summed E-state index contributed by atoms with van der Waals surface area (Å²) in [5.74, 6) is 0.0240. The van der Waals surface area contributed by atoms with Crippen molar-refractivity contribution < 1.29 is 23.9 Å². The van der Waals surface area contributed by atoms with Crippen LogP contribution in [-0.4, -0.2) is 25.1 Å². The molecule has 39 heavy (non-hydrogen) atoms. The average Bonchev–Trinajstić information content (AvgIpc) is 2.95. The number of methoxy groups -OCH3 is 2. The quantitative estimate of drug-likeness (QED) is 0.110. The molecule has 0 bridgehead atoms. The number of amides is 1. The van der Waals surface area contributed by atoms with Crippen LogP contribution in [0, 0.1) is 21.4 Å². The molecule has 196 valence electrons. The van der Waals surface area contributed by atoms with E-state index >= 15 is 0 Å². The van der Waals surface area contributed by atoms with E-state index in [1.165, 1.54) is 44.6 Å². The number of anilines is 1. The highest BCUT2D eigenvalue weighted by atomic mass is 35.5. The minimum atomic E-state index is -0.836. The first-order valence-corrected chi connectivity index (χ1v) is 11.9. The number of nitro groups is 1. The van der Waals surface area contributed by atoms with Crippen molar-refractivity contribution in [1.82, 2.24) is 0 Å². The molecule has 0 aliphatic rings. The molecule has 0 heterocycles. The van der Waals surface area contributed by atoms with E-state index in [-0.39, 0.29) is 34.3 Å². The summed E-state index contributed by atoms with van der Waals surface area (Å²) in [4.78, 5) is 23.6. The number of rotatable bonds is 9. The van der Waals surface area contributed by atoms with E-state index in [0.717, 1.165) is 16.3 Å². The summed E-state index contributed by atoms with van der Waals surface area (Å²) in [7, 11) is 2.82. The fraction of sp³-hybridized carbons (Fsp3) is 0.103. The van der Waals surface area contributed by atoms with E-state index in [1.807, 2.05) is 48.5 Å². The lowest BCUT2D eigenvalue weighted by Gasteiger charge is -2.14. The van der Waals surface area contributed by atoms with Crippen molar-refractivity contribution in [3.63, 3.8) is 0 Å². The Morgan fingerprint density at radius 2 is 1.85 bits per heavy atom. The van der Waals surface area contributed by atoms with Crippen molar-refractivity contribution >= 4 is 45.7 Å². The van der Waals surface area contributed by atoms with Gasteiger partial charge in [-0.1, -0.05) is 54.1 Å². The van der Waals surface area contributed by atoms with Crippen LogP contribution >= 0.6 is 11.6 Å². The van der Waals surface area contributed by atoms with Crippen molar-refractivity contribution in [3.8, 4) is 23.3 Å². The van der Waals surface area contributed by atoms with Crippen LogP contribution in [0.5, 0.6) is 17.2 Å². The van der Waals surface area contributed by atoms with Crippen molar-refractivity contribution in [2.45, 2.75) is 6.61 Å². The molecule has 9 nitrogen and oxygen atoms in total. The molecule has 0 saturated carbocycles. The van der Waals surface area contributed by atoms with Crippen LogP contribution in [0.25, 0.3) is 16.8 Å². The van der Waals surface area contributed by atoms with Crippen LogP contribution in [0.4, 0.5) is 11.4 Å². The first kappa shape index (κ1) is 27.0. The first-order chi connectivity index (χ1) is 18.8. The van der Waals surface area contributed by atoms with Gasteiger partial charge < -0.3 is 19.5 Å². The third kappa shape index (κ3) is 6.09. The summed E-state index contributed by atoms with van der Waals surface area (Å²) in [5.41, 5.74) is 0.594. The Balaban J connectivity index is 1.58. The van der Waals surface area contributed by atoms with Crippen LogP contribution in [0.3, 0.4) is 0 Å². The summed E-state index contributed by atoms with van der Waals surface area (Å²) in [5, 5.41) is 25.8. The zero-order chi connectivity index (χ0) is 27.9. The molecule has 0 aliphatic heterocycles. The van der Waals surface area contributed by atoms with Crippen LogP contribution in [0.1, 0.15) is 11.1 Å². The summed E-state index contributed by atoms with van der Waals surface area (Å²) in [6.45, 7) is 0.235. The molecule has 0 fully saturated rings. The lowest BCUT2D eigenvalue weighted by Crippen LogP contribution is -2.14. The minimum Gasteiger partial charge on any atom is -0.496 e. The van der Waals surface area contributed by atoms with E-state index in [0.29, 0.717) is 17.1 Å². The predicted octanol–water partition coefficient (Wildman–Crippen LogP) is 6.54. The van der Waals surface area contributed by atoms with Gasteiger partial charge in [-0.15, -0.1) is 0 Å². The van der Waals surface area contributed by atoms with Crippen LogP contribution in [0.2, 0.25) is 5.02 Å². The normalized spacial score (nSPS) is 11.0. The summed E-state index contributed by atoms with van der Waals surface area (Å²) >= 11 is 6.51. The van der Waals surface area contributed by atoms with Gasteiger partial charge in [-0.3, -0.25) is 14.9 Å². The van der Waals surface area contributed by atoms with Gasteiger partial charge in [-0.2, -0.15) is 5.26 Å². The zero-order valence-corrected chi connectivity index (χ0v) is 21.7. The maximum absolute atomic E-state index is 12.8. The number of carbonyl (C=O) groups is 1. The van der Waals surface area contributed by atoms with Gasteiger partial charge in [0.2, 0.25) is 0 Å². The number of ether oxygens (including phenoxy) is 3. The van der Waals surface area contributed by atoms with Crippen molar-refractivity contribution in [2.24, 2.45) is 0 Å². The molecule has 4 aromatic rings. The standard InChI is InChI=1S/C29H22ClN3O6/c1-37-22-10-11-25(26(15-22)33(35)36)32-29(34)21(16-31)12-18-13-24(30)28(27(14-18)38-2)39-17-20-8-5-7-19-6-3-4-9-23(19)20/h3-15H,17H2,1-2H3,(H,32,34)/b21-12+. The van der Waals surface area contributed by atoms with Gasteiger partial charge in [0.15, 0.2) is 11.5 Å². The second-order valence-corrected chi connectivity index (χ2v) is 8.63. The number of nitriles is 1. The number of benzene rings is 4. The number of nitro benzene ring substituents is 1. The zero-order valence-electron chi connectivity index (χ0n) is 20.9. The molecule has 0 spiro atoms. The maximum Gasteiger partial charge on any atom is 0.296 e. The average molecular weight is 544 g/mol. The van der Waals surface area contributed by atoms with Gasteiger partial charge >= 0.3 is 0 Å². The second-order valence-electron chi connectivity index (χ2n) is 8.23. The second kappa shape index (κ2) is 12.0. The predicted molar refractivity (Wildman–Crippen MR) is 148 cm³/mol. The minimum absolute atomic E-state index is 0.0836. The summed E-state index contributed by atoms with van der Waals surface area (Å²) in [6.07, 6.45) is 1.30. The fourth-order valence-corrected chi connectivity index (χ4v) is 4.21. The molecule has 0 unspecified atom stereocenters. The van der Waals surface area contributed by atoms with Crippen molar-refractivity contribution in [1.29, 1.82) is 5.26 Å². The highest BCUT2D eigenvalue weighted by Gasteiger charge is 2.20. The number of carbonyl (C=O) groups excluding carboxylic acids is 1. The Morgan fingerprint density at radius 1 is 1.08 bits per heavy atom. The Bertz CT molecular complexity index is 1640. The molecular formula is C29H22ClN3O6. The topological polar surface area (TPSA) is 124 Å². The van der Waals surface area contributed by atoms with Gasteiger partial charge in [0.05, 0.1) is 30.2 Å². The molecule has 4 rings (SSSR count). The van der Waals surface area contributed by atoms with Gasteiger partial charge in [0.25, 0.3) is 11.6 Å². The molecule has 0 aromatic heterocycles. The largest absolute Gasteiger partial charge is 0.496 e. The number of hydrogen-bond acceptors (Lipinski definition) is 7. The third-order valence-corrected chi connectivity index (χ3v) is 6.11. The van der Waals surface area contributed by atoms with Gasteiger partial charge in [0, 0.05) is 0 Å². The highest BCUT2D eigenvalue weighted by Crippen LogP contribution is 2.38. The number of hydrogen-bond donors (Lipinski definition) is 1. The lowest BCUT2D eigenvalue weighted by molar-refractivity contribution is -0.384. The first-order valence-electron chi connectivity index (χ1n) is 11.6. The third-order valence-electron chi connectivity index (χ3n) is 5.83. The summed E-state index contributed by atoms with van der Waals surface area (Å²) < 4.78 is 16.5. The Morgan fingerprint density at radius 3 is 2.56 bits per heavy atom. The van der Waals surface area contributed by atoms with E-state index in [9.17, 15) is 20.2 Å². The number of nitrogens with zero attached hydrogens (tertiary/aromatic N) is 2. The SMILES string of the molecule is COc1ccc(NC(=O)/C(C#N)=C/c2cc(Cl)c(OCc3cccc4ccccc34)c(OC)c2)c([N+](=O)[O-])c1. The van der Waals surface area contributed by atoms with Crippen LogP contribution < -0.4 is 19.5 Å². The van der Waals surface area contributed by atoms with Crippen molar-refractivity contribution in [2.75, 3.05) is 19.5 Å². The molecular weight excluding hydrogens is 522 g/mol. The highest BCUT2D eigenvalue weighted by molar-refractivity contribution is 6.32. The molecule has 4 aromatic carbocycles. The van der Waals surface area contributed by atoms with Crippen molar-refractivity contribution in [3.05, 3.63) is 105 Å². The Hall–Kier alpha value is -5.07. The Kier molecular flexibility index (Phi) is 8.29. The molecule has 1 amide bonds. The molecule has 1 N–H and O–H groups in total.